The Balaban J connectivity index is 2.12. The number of nitrogens with zero attached hydrogens (tertiary/aromatic N) is 3. The van der Waals surface area contributed by atoms with Crippen molar-refractivity contribution < 1.29 is 4.79 Å². The minimum absolute atomic E-state index is 0.0401. The Bertz CT molecular complexity index is 586. The van der Waals surface area contributed by atoms with Crippen molar-refractivity contribution in [2.75, 3.05) is 18.9 Å². The maximum Gasteiger partial charge on any atom is 0.256 e. The van der Waals surface area contributed by atoms with Gasteiger partial charge in [0, 0.05) is 26.0 Å². The molecule has 2 heterocycles. The lowest BCUT2D eigenvalue weighted by atomic mass is 10.2. The summed E-state index contributed by atoms with van der Waals surface area (Å²) in [5.74, 6) is -0.0401. The number of carbonyl (C=O) groups is 1. The van der Waals surface area contributed by atoms with E-state index in [9.17, 15) is 4.79 Å². The van der Waals surface area contributed by atoms with Gasteiger partial charge in [-0.3, -0.25) is 14.8 Å². The number of hydrogen-bond acceptors (Lipinski definition) is 4. The van der Waals surface area contributed by atoms with Gasteiger partial charge in [-0.2, -0.15) is 0 Å². The third-order valence-electron chi connectivity index (χ3n) is 3.09. The summed E-state index contributed by atoms with van der Waals surface area (Å²) in [4.78, 5) is 22.5. The molecule has 0 fully saturated rings. The summed E-state index contributed by atoms with van der Waals surface area (Å²) >= 11 is 0. The van der Waals surface area contributed by atoms with Gasteiger partial charge in [0.1, 0.15) is 0 Å². The Kier molecular flexibility index (Phi) is 5.26. The third kappa shape index (κ3) is 4.02. The number of pyridine rings is 2. The molecular formula is C16H20N4O. The van der Waals surface area contributed by atoms with Crippen LogP contribution in [0.4, 0.5) is 5.69 Å². The van der Waals surface area contributed by atoms with Gasteiger partial charge in [0.05, 0.1) is 29.7 Å². The van der Waals surface area contributed by atoms with Crippen molar-refractivity contribution in [3.63, 3.8) is 0 Å². The molecule has 5 nitrogen and oxygen atoms in total. The van der Waals surface area contributed by atoms with Crippen LogP contribution in [0.1, 0.15) is 29.4 Å². The predicted molar refractivity (Wildman–Crippen MR) is 83.1 cm³/mol. The number of rotatable bonds is 6. The molecule has 21 heavy (non-hydrogen) atoms. The summed E-state index contributed by atoms with van der Waals surface area (Å²) in [5, 5.41) is 3.24. The average molecular weight is 284 g/mol. The van der Waals surface area contributed by atoms with Crippen LogP contribution in [-0.2, 0) is 6.54 Å². The first-order valence-corrected chi connectivity index (χ1v) is 7.05. The second-order valence-corrected chi connectivity index (χ2v) is 4.83. The molecule has 0 aliphatic rings. The van der Waals surface area contributed by atoms with E-state index in [2.05, 4.69) is 22.2 Å². The molecule has 2 rings (SSSR count). The molecule has 0 saturated heterocycles. The lowest BCUT2D eigenvalue weighted by molar-refractivity contribution is 0.0784. The molecule has 5 heteroatoms. The van der Waals surface area contributed by atoms with Crippen molar-refractivity contribution in [3.05, 3.63) is 54.1 Å². The van der Waals surface area contributed by atoms with E-state index >= 15 is 0 Å². The number of carbonyl (C=O) groups excluding carboxylic acids is 1. The molecule has 0 aliphatic carbocycles. The zero-order valence-corrected chi connectivity index (χ0v) is 12.4. The zero-order valence-electron chi connectivity index (χ0n) is 12.4. The highest BCUT2D eigenvalue weighted by molar-refractivity contribution is 5.99. The van der Waals surface area contributed by atoms with Crippen LogP contribution in [0.5, 0.6) is 0 Å². The van der Waals surface area contributed by atoms with Crippen LogP contribution >= 0.6 is 0 Å². The molecule has 0 atom stereocenters. The van der Waals surface area contributed by atoms with E-state index in [4.69, 9.17) is 0 Å². The summed E-state index contributed by atoms with van der Waals surface area (Å²) in [6.07, 6.45) is 6.05. The van der Waals surface area contributed by atoms with Crippen molar-refractivity contribution in [3.8, 4) is 0 Å². The second kappa shape index (κ2) is 7.38. The zero-order chi connectivity index (χ0) is 15.1. The average Bonchev–Trinajstić information content (AvgIpc) is 2.53. The summed E-state index contributed by atoms with van der Waals surface area (Å²) in [6, 6.07) is 7.43. The van der Waals surface area contributed by atoms with E-state index in [-0.39, 0.29) is 5.91 Å². The lowest BCUT2D eigenvalue weighted by Crippen LogP contribution is -2.27. The quantitative estimate of drug-likeness (QED) is 0.885. The first kappa shape index (κ1) is 15.0. The molecule has 0 saturated carbocycles. The maximum absolute atomic E-state index is 12.6. The Hall–Kier alpha value is -2.43. The molecule has 0 aliphatic heterocycles. The molecule has 2 aromatic heterocycles. The Morgan fingerprint density at radius 2 is 2.14 bits per heavy atom. The highest BCUT2D eigenvalue weighted by atomic mass is 16.2. The first-order chi connectivity index (χ1) is 10.2. The van der Waals surface area contributed by atoms with Crippen molar-refractivity contribution in [1.82, 2.24) is 14.9 Å². The summed E-state index contributed by atoms with van der Waals surface area (Å²) in [7, 11) is 1.78. The molecule has 0 aromatic carbocycles. The highest BCUT2D eigenvalue weighted by Crippen LogP contribution is 2.16. The Morgan fingerprint density at radius 3 is 2.86 bits per heavy atom. The lowest BCUT2D eigenvalue weighted by Gasteiger charge is -2.19. The molecule has 0 bridgehead atoms. The summed E-state index contributed by atoms with van der Waals surface area (Å²) in [5.41, 5.74) is 2.28. The molecule has 1 N–H and O–H groups in total. The second-order valence-electron chi connectivity index (χ2n) is 4.83. The first-order valence-electron chi connectivity index (χ1n) is 7.05. The third-order valence-corrected chi connectivity index (χ3v) is 3.09. The number of amides is 1. The van der Waals surface area contributed by atoms with Gasteiger partial charge >= 0.3 is 0 Å². The van der Waals surface area contributed by atoms with Crippen molar-refractivity contribution in [2.45, 2.75) is 19.9 Å². The van der Waals surface area contributed by atoms with Crippen LogP contribution in [-0.4, -0.2) is 34.4 Å². The molecular weight excluding hydrogens is 264 g/mol. The minimum atomic E-state index is -0.0401. The van der Waals surface area contributed by atoms with Gasteiger partial charge < -0.3 is 10.2 Å². The van der Waals surface area contributed by atoms with Crippen LogP contribution < -0.4 is 5.32 Å². The molecule has 110 valence electrons. The molecule has 2 aromatic rings. The number of aromatic nitrogens is 2. The van der Waals surface area contributed by atoms with Crippen molar-refractivity contribution >= 4 is 11.6 Å². The Morgan fingerprint density at radius 1 is 1.29 bits per heavy atom. The molecule has 0 radical (unpaired) electrons. The SMILES string of the molecule is CCCNc1cnccc1C(=O)N(C)Cc1ccccn1. The minimum Gasteiger partial charge on any atom is -0.383 e. The standard InChI is InChI=1S/C16H20N4O/c1-3-8-19-15-11-17-10-7-14(15)16(21)20(2)12-13-6-4-5-9-18-13/h4-7,9-11,19H,3,8,12H2,1-2H3. The number of nitrogens with one attached hydrogen (secondary N) is 1. The van der Waals surface area contributed by atoms with E-state index in [1.165, 1.54) is 0 Å². The van der Waals surface area contributed by atoms with Gasteiger partial charge in [0.25, 0.3) is 5.91 Å². The van der Waals surface area contributed by atoms with Crippen molar-refractivity contribution in [1.29, 1.82) is 0 Å². The fourth-order valence-corrected chi connectivity index (χ4v) is 1.99. The van der Waals surface area contributed by atoms with Crippen LogP contribution in [0.3, 0.4) is 0 Å². The molecule has 0 spiro atoms. The molecule has 0 unspecified atom stereocenters. The largest absolute Gasteiger partial charge is 0.383 e. The van der Waals surface area contributed by atoms with Crippen LogP contribution in [0, 0.1) is 0 Å². The van der Waals surface area contributed by atoms with Gasteiger partial charge in [0.2, 0.25) is 0 Å². The fraction of sp³-hybridized carbons (Fsp3) is 0.312. The van der Waals surface area contributed by atoms with E-state index in [1.807, 2.05) is 18.2 Å². The highest BCUT2D eigenvalue weighted by Gasteiger charge is 2.16. The molecule has 1 amide bonds. The van der Waals surface area contributed by atoms with Crippen molar-refractivity contribution in [2.24, 2.45) is 0 Å². The maximum atomic E-state index is 12.6. The van der Waals surface area contributed by atoms with Gasteiger partial charge in [-0.15, -0.1) is 0 Å². The smallest absolute Gasteiger partial charge is 0.256 e. The normalized spacial score (nSPS) is 10.2. The van der Waals surface area contributed by atoms with Crippen LogP contribution in [0.25, 0.3) is 0 Å². The summed E-state index contributed by atoms with van der Waals surface area (Å²) in [6.45, 7) is 3.38. The predicted octanol–water partition coefficient (Wildman–Crippen LogP) is 2.57. The fourth-order valence-electron chi connectivity index (χ4n) is 1.99. The van der Waals surface area contributed by atoms with Gasteiger partial charge in [-0.25, -0.2) is 0 Å². The topological polar surface area (TPSA) is 58.1 Å². The summed E-state index contributed by atoms with van der Waals surface area (Å²) < 4.78 is 0. The number of anilines is 1. The number of hydrogen-bond donors (Lipinski definition) is 1. The van der Waals surface area contributed by atoms with E-state index < -0.39 is 0 Å². The Labute approximate surface area is 125 Å². The monoisotopic (exact) mass is 284 g/mol. The van der Waals surface area contributed by atoms with Gasteiger partial charge in [-0.05, 0) is 24.6 Å². The van der Waals surface area contributed by atoms with Gasteiger partial charge in [0.15, 0.2) is 0 Å². The van der Waals surface area contributed by atoms with E-state index in [1.54, 1.807) is 36.6 Å². The van der Waals surface area contributed by atoms with Crippen LogP contribution in [0.15, 0.2) is 42.9 Å². The van der Waals surface area contributed by atoms with Gasteiger partial charge in [-0.1, -0.05) is 13.0 Å². The van der Waals surface area contributed by atoms with Crippen LogP contribution in [0.2, 0.25) is 0 Å². The van der Waals surface area contributed by atoms with E-state index in [0.29, 0.717) is 12.1 Å². The van der Waals surface area contributed by atoms with E-state index in [0.717, 1.165) is 24.3 Å².